The van der Waals surface area contributed by atoms with Crippen LogP contribution in [0.2, 0.25) is 0 Å². The van der Waals surface area contributed by atoms with E-state index in [1.54, 1.807) is 14.0 Å². The third kappa shape index (κ3) is 3.31. The van der Waals surface area contributed by atoms with E-state index < -0.39 is 0 Å². The van der Waals surface area contributed by atoms with Crippen LogP contribution in [0.3, 0.4) is 0 Å². The number of rotatable bonds is 5. The molecule has 0 bridgehead atoms. The van der Waals surface area contributed by atoms with Crippen LogP contribution in [0.5, 0.6) is 0 Å². The molecule has 0 saturated carbocycles. The van der Waals surface area contributed by atoms with Crippen molar-refractivity contribution in [2.75, 3.05) is 30.4 Å². The van der Waals surface area contributed by atoms with Crippen LogP contribution < -0.4 is 10.2 Å². The first-order chi connectivity index (χ1) is 9.43. The van der Waals surface area contributed by atoms with Gasteiger partial charge in [0, 0.05) is 38.5 Å². The van der Waals surface area contributed by atoms with E-state index >= 15 is 0 Å². The molecule has 1 amide bonds. The number of nitrogens with one attached hydrogen (secondary N) is 1. The van der Waals surface area contributed by atoms with Gasteiger partial charge in [-0.25, -0.2) is 0 Å². The molecule has 0 aliphatic carbocycles. The standard InChI is InChI=1S/C16H24N2O2/c1-12(19)18-10-7-13-11-14(5-6-15(13)18)17-9-8-16(2,3)20-4/h5-6,11,17H,7-10H2,1-4H3. The zero-order chi connectivity index (χ0) is 14.8. The molecule has 1 aliphatic rings. The minimum absolute atomic E-state index is 0.102. The number of benzene rings is 1. The van der Waals surface area contributed by atoms with Crippen molar-refractivity contribution < 1.29 is 9.53 Å². The van der Waals surface area contributed by atoms with Crippen molar-refractivity contribution in [1.29, 1.82) is 0 Å². The maximum absolute atomic E-state index is 11.5. The quantitative estimate of drug-likeness (QED) is 0.899. The van der Waals surface area contributed by atoms with Crippen molar-refractivity contribution in [2.45, 2.75) is 39.2 Å². The molecule has 1 aromatic rings. The Morgan fingerprint density at radius 1 is 1.45 bits per heavy atom. The average Bonchev–Trinajstić information content (AvgIpc) is 2.81. The van der Waals surface area contributed by atoms with Gasteiger partial charge in [-0.1, -0.05) is 0 Å². The van der Waals surface area contributed by atoms with Crippen molar-refractivity contribution in [1.82, 2.24) is 0 Å². The lowest BCUT2D eigenvalue weighted by Crippen LogP contribution is -2.26. The minimum Gasteiger partial charge on any atom is -0.385 e. The summed E-state index contributed by atoms with van der Waals surface area (Å²) in [7, 11) is 1.74. The third-order valence-corrected chi connectivity index (χ3v) is 3.96. The molecule has 20 heavy (non-hydrogen) atoms. The van der Waals surface area contributed by atoms with Crippen LogP contribution in [-0.2, 0) is 16.0 Å². The summed E-state index contributed by atoms with van der Waals surface area (Å²) in [4.78, 5) is 13.3. The zero-order valence-corrected chi connectivity index (χ0v) is 12.8. The molecule has 0 fully saturated rings. The Hall–Kier alpha value is -1.55. The van der Waals surface area contributed by atoms with E-state index in [-0.39, 0.29) is 11.5 Å². The Bertz CT molecular complexity index is 497. The number of hydrogen-bond donors (Lipinski definition) is 1. The number of carbonyl (C=O) groups is 1. The van der Waals surface area contributed by atoms with E-state index in [1.165, 1.54) is 5.56 Å². The van der Waals surface area contributed by atoms with Crippen LogP contribution in [0.15, 0.2) is 18.2 Å². The first kappa shape index (κ1) is 14.9. The Kier molecular flexibility index (Phi) is 4.33. The van der Waals surface area contributed by atoms with Crippen molar-refractivity contribution in [3.05, 3.63) is 23.8 Å². The number of ether oxygens (including phenoxy) is 1. The second-order valence-corrected chi connectivity index (χ2v) is 5.90. The van der Waals surface area contributed by atoms with Gasteiger partial charge in [-0.15, -0.1) is 0 Å². The molecule has 0 atom stereocenters. The Morgan fingerprint density at radius 3 is 2.85 bits per heavy atom. The van der Waals surface area contributed by atoms with E-state index in [2.05, 4.69) is 25.2 Å². The molecule has 0 unspecified atom stereocenters. The predicted molar refractivity (Wildman–Crippen MR) is 82.4 cm³/mol. The zero-order valence-electron chi connectivity index (χ0n) is 12.8. The lowest BCUT2D eigenvalue weighted by molar-refractivity contribution is -0.116. The van der Waals surface area contributed by atoms with Gasteiger partial charge in [0.25, 0.3) is 0 Å². The molecule has 1 heterocycles. The van der Waals surface area contributed by atoms with E-state index in [0.29, 0.717) is 0 Å². The van der Waals surface area contributed by atoms with Crippen LogP contribution in [0, 0.1) is 0 Å². The second-order valence-electron chi connectivity index (χ2n) is 5.90. The third-order valence-electron chi connectivity index (χ3n) is 3.96. The number of hydrogen-bond acceptors (Lipinski definition) is 3. The fourth-order valence-corrected chi connectivity index (χ4v) is 2.45. The van der Waals surface area contributed by atoms with Gasteiger partial charge in [-0.3, -0.25) is 4.79 Å². The summed E-state index contributed by atoms with van der Waals surface area (Å²) in [5.41, 5.74) is 3.31. The fourth-order valence-electron chi connectivity index (χ4n) is 2.45. The molecule has 2 rings (SSSR count). The topological polar surface area (TPSA) is 41.6 Å². The molecule has 1 aromatic carbocycles. The number of amides is 1. The van der Waals surface area contributed by atoms with E-state index in [9.17, 15) is 4.79 Å². The summed E-state index contributed by atoms with van der Waals surface area (Å²) in [6.07, 6.45) is 1.88. The number of anilines is 2. The SMILES string of the molecule is COC(C)(C)CCNc1ccc2c(c1)CCN2C(C)=O. The Balaban J connectivity index is 1.97. The van der Waals surface area contributed by atoms with Gasteiger partial charge < -0.3 is 15.0 Å². The maximum atomic E-state index is 11.5. The second kappa shape index (κ2) is 5.83. The van der Waals surface area contributed by atoms with Crippen LogP contribution in [0.1, 0.15) is 32.8 Å². The van der Waals surface area contributed by atoms with Gasteiger partial charge in [-0.05, 0) is 50.5 Å². The highest BCUT2D eigenvalue weighted by Gasteiger charge is 2.22. The Morgan fingerprint density at radius 2 is 2.20 bits per heavy atom. The predicted octanol–water partition coefficient (Wildman–Crippen LogP) is 2.82. The molecule has 0 radical (unpaired) electrons. The molecule has 1 N–H and O–H groups in total. The molecule has 1 aliphatic heterocycles. The van der Waals surface area contributed by atoms with Crippen LogP contribution >= 0.6 is 0 Å². The molecular weight excluding hydrogens is 252 g/mol. The van der Waals surface area contributed by atoms with Gasteiger partial charge in [0.1, 0.15) is 0 Å². The first-order valence-electron chi connectivity index (χ1n) is 7.13. The highest BCUT2D eigenvalue weighted by molar-refractivity contribution is 5.94. The van der Waals surface area contributed by atoms with E-state index in [0.717, 1.165) is 37.3 Å². The van der Waals surface area contributed by atoms with Crippen molar-refractivity contribution in [3.63, 3.8) is 0 Å². The number of carbonyl (C=O) groups excluding carboxylic acids is 1. The monoisotopic (exact) mass is 276 g/mol. The highest BCUT2D eigenvalue weighted by atomic mass is 16.5. The van der Waals surface area contributed by atoms with Gasteiger partial charge in [0.2, 0.25) is 5.91 Å². The minimum atomic E-state index is -0.102. The summed E-state index contributed by atoms with van der Waals surface area (Å²) in [5, 5.41) is 3.43. The average molecular weight is 276 g/mol. The van der Waals surface area contributed by atoms with E-state index in [1.807, 2.05) is 17.0 Å². The molecule has 4 nitrogen and oxygen atoms in total. The summed E-state index contributed by atoms with van der Waals surface area (Å²) in [6.45, 7) is 7.46. The maximum Gasteiger partial charge on any atom is 0.223 e. The largest absolute Gasteiger partial charge is 0.385 e. The molecule has 0 spiro atoms. The molecular formula is C16H24N2O2. The fraction of sp³-hybridized carbons (Fsp3) is 0.562. The summed E-state index contributed by atoms with van der Waals surface area (Å²) >= 11 is 0. The van der Waals surface area contributed by atoms with Crippen molar-refractivity contribution >= 4 is 17.3 Å². The normalized spacial score (nSPS) is 14.3. The van der Waals surface area contributed by atoms with Gasteiger partial charge in [0.15, 0.2) is 0 Å². The summed E-state index contributed by atoms with van der Waals surface area (Å²) < 4.78 is 5.41. The van der Waals surface area contributed by atoms with Gasteiger partial charge in [0.05, 0.1) is 5.60 Å². The van der Waals surface area contributed by atoms with Crippen LogP contribution in [0.25, 0.3) is 0 Å². The number of nitrogens with zero attached hydrogens (tertiary/aromatic N) is 1. The number of fused-ring (bicyclic) bond motifs is 1. The lowest BCUT2D eigenvalue weighted by Gasteiger charge is -2.23. The van der Waals surface area contributed by atoms with Crippen LogP contribution in [0.4, 0.5) is 11.4 Å². The summed E-state index contributed by atoms with van der Waals surface area (Å²) in [5.74, 6) is 0.117. The van der Waals surface area contributed by atoms with E-state index in [4.69, 9.17) is 4.74 Å². The molecule has 0 aromatic heterocycles. The van der Waals surface area contributed by atoms with Gasteiger partial charge >= 0.3 is 0 Å². The van der Waals surface area contributed by atoms with Crippen molar-refractivity contribution in [3.8, 4) is 0 Å². The molecule has 4 heteroatoms. The Labute approximate surface area is 121 Å². The van der Waals surface area contributed by atoms with Gasteiger partial charge in [-0.2, -0.15) is 0 Å². The van der Waals surface area contributed by atoms with Crippen molar-refractivity contribution in [2.24, 2.45) is 0 Å². The van der Waals surface area contributed by atoms with Crippen LogP contribution in [-0.4, -0.2) is 31.7 Å². The highest BCUT2D eigenvalue weighted by Crippen LogP contribution is 2.30. The summed E-state index contributed by atoms with van der Waals surface area (Å²) in [6, 6.07) is 6.23. The lowest BCUT2D eigenvalue weighted by atomic mass is 10.1. The molecule has 0 saturated heterocycles. The smallest absolute Gasteiger partial charge is 0.223 e. The first-order valence-corrected chi connectivity index (χ1v) is 7.13. The molecule has 110 valence electrons. The number of methoxy groups -OCH3 is 1.